The molecule has 22 heavy (non-hydrogen) atoms. The van der Waals surface area contributed by atoms with Gasteiger partial charge >= 0.3 is 0 Å². The highest BCUT2D eigenvalue weighted by Gasteiger charge is 2.24. The lowest BCUT2D eigenvalue weighted by molar-refractivity contribution is -0.115. The van der Waals surface area contributed by atoms with E-state index in [1.807, 2.05) is 13.0 Å². The summed E-state index contributed by atoms with van der Waals surface area (Å²) in [4.78, 5) is 16.8. The molecule has 3 rings (SSSR count). The fraction of sp³-hybridized carbons (Fsp3) is 0.0667. The van der Waals surface area contributed by atoms with Crippen LogP contribution in [0.5, 0.6) is 0 Å². The molecule has 1 amide bonds. The summed E-state index contributed by atoms with van der Waals surface area (Å²) in [5.41, 5.74) is 0.545. The molecule has 1 aromatic carbocycles. The highest BCUT2D eigenvalue weighted by atomic mass is 35.5. The van der Waals surface area contributed by atoms with Crippen molar-refractivity contribution in [1.82, 2.24) is 5.32 Å². The van der Waals surface area contributed by atoms with E-state index < -0.39 is 0 Å². The summed E-state index contributed by atoms with van der Waals surface area (Å²) in [7, 11) is 0. The van der Waals surface area contributed by atoms with Gasteiger partial charge in [-0.15, -0.1) is 0 Å². The molecule has 0 atom stereocenters. The maximum absolute atomic E-state index is 11.9. The van der Waals surface area contributed by atoms with E-state index in [1.54, 1.807) is 30.3 Å². The fourth-order valence-electron chi connectivity index (χ4n) is 1.82. The zero-order chi connectivity index (χ0) is 15.7. The second-order valence-electron chi connectivity index (χ2n) is 4.53. The number of amidine groups is 1. The van der Waals surface area contributed by atoms with Crippen LogP contribution in [0.2, 0.25) is 10.0 Å². The van der Waals surface area contributed by atoms with Gasteiger partial charge in [-0.05, 0) is 49.0 Å². The molecular weight excluding hydrogens is 343 g/mol. The van der Waals surface area contributed by atoms with Gasteiger partial charge in [-0.25, -0.2) is 4.99 Å². The van der Waals surface area contributed by atoms with Crippen LogP contribution in [-0.4, -0.2) is 11.1 Å². The van der Waals surface area contributed by atoms with Crippen molar-refractivity contribution in [3.8, 4) is 0 Å². The third-order valence-corrected chi connectivity index (χ3v) is 4.26. The first-order valence-electron chi connectivity index (χ1n) is 6.32. The standard InChI is InChI=1S/C15H10Cl2N2O2S/c1-8-2-4-10(21-8)7-13-14(20)19-15(22-13)18-12-5-3-9(16)6-11(12)17/h2-7H,1H3,(H,18,19,20)/b13-7+. The van der Waals surface area contributed by atoms with E-state index in [0.29, 0.717) is 31.6 Å². The van der Waals surface area contributed by atoms with Gasteiger partial charge in [0, 0.05) is 11.1 Å². The number of carbonyl (C=O) groups is 1. The second kappa shape index (κ2) is 6.20. The number of hydrogen-bond acceptors (Lipinski definition) is 4. The number of hydrogen-bond donors (Lipinski definition) is 1. The quantitative estimate of drug-likeness (QED) is 0.790. The van der Waals surface area contributed by atoms with Crippen LogP contribution in [0, 0.1) is 6.92 Å². The Bertz CT molecular complexity index is 812. The van der Waals surface area contributed by atoms with Crippen molar-refractivity contribution >= 4 is 57.8 Å². The van der Waals surface area contributed by atoms with Crippen molar-refractivity contribution in [3.63, 3.8) is 0 Å². The summed E-state index contributed by atoms with van der Waals surface area (Å²) < 4.78 is 5.43. The maximum atomic E-state index is 11.9. The molecule has 7 heteroatoms. The lowest BCUT2D eigenvalue weighted by Gasteiger charge is -1.99. The minimum atomic E-state index is -0.220. The molecule has 112 valence electrons. The Kier molecular flexibility index (Phi) is 4.29. The number of aryl methyl sites for hydroxylation is 1. The van der Waals surface area contributed by atoms with Crippen LogP contribution < -0.4 is 5.32 Å². The molecule has 1 fully saturated rings. The number of halogens is 2. The normalized spacial score (nSPS) is 18.2. The van der Waals surface area contributed by atoms with Gasteiger partial charge in [0.2, 0.25) is 0 Å². The van der Waals surface area contributed by atoms with E-state index in [-0.39, 0.29) is 5.91 Å². The zero-order valence-corrected chi connectivity index (χ0v) is 13.7. The maximum Gasteiger partial charge on any atom is 0.264 e. The number of nitrogens with zero attached hydrogens (tertiary/aromatic N) is 1. The van der Waals surface area contributed by atoms with Crippen LogP contribution in [0.15, 0.2) is 44.6 Å². The van der Waals surface area contributed by atoms with Gasteiger partial charge in [-0.2, -0.15) is 0 Å². The molecule has 2 aromatic rings. The SMILES string of the molecule is Cc1ccc(/C=C2/SC(=Nc3ccc(Cl)cc3Cl)NC2=O)o1. The van der Waals surface area contributed by atoms with Crippen molar-refractivity contribution in [2.24, 2.45) is 4.99 Å². The summed E-state index contributed by atoms with van der Waals surface area (Å²) in [5.74, 6) is 1.20. The number of thioether (sulfide) groups is 1. The van der Waals surface area contributed by atoms with Gasteiger partial charge in [0.05, 0.1) is 15.6 Å². The first-order chi connectivity index (χ1) is 10.5. The molecule has 1 saturated heterocycles. The molecule has 1 aromatic heterocycles. The smallest absolute Gasteiger partial charge is 0.264 e. The molecule has 4 nitrogen and oxygen atoms in total. The van der Waals surface area contributed by atoms with E-state index >= 15 is 0 Å². The number of rotatable bonds is 2. The summed E-state index contributed by atoms with van der Waals surface area (Å²) >= 11 is 13.1. The van der Waals surface area contributed by atoms with Crippen LogP contribution >= 0.6 is 35.0 Å². The number of furan rings is 1. The third kappa shape index (κ3) is 3.38. The zero-order valence-electron chi connectivity index (χ0n) is 11.4. The first-order valence-corrected chi connectivity index (χ1v) is 7.89. The predicted molar refractivity (Wildman–Crippen MR) is 90.7 cm³/mol. The van der Waals surface area contributed by atoms with Gasteiger partial charge in [0.15, 0.2) is 5.17 Å². The van der Waals surface area contributed by atoms with E-state index in [2.05, 4.69) is 10.3 Å². The number of carbonyl (C=O) groups excluding carboxylic acids is 1. The van der Waals surface area contributed by atoms with E-state index in [9.17, 15) is 4.79 Å². The molecule has 0 radical (unpaired) electrons. The van der Waals surface area contributed by atoms with E-state index in [1.165, 1.54) is 11.8 Å². The van der Waals surface area contributed by atoms with Crippen LogP contribution in [0.4, 0.5) is 5.69 Å². The molecule has 0 unspecified atom stereocenters. The molecule has 0 spiro atoms. The fourth-order valence-corrected chi connectivity index (χ4v) is 3.09. The average Bonchev–Trinajstić information content (AvgIpc) is 3.00. The van der Waals surface area contributed by atoms with Crippen molar-refractivity contribution in [1.29, 1.82) is 0 Å². The van der Waals surface area contributed by atoms with Gasteiger partial charge in [-0.3, -0.25) is 4.79 Å². The number of amides is 1. The largest absolute Gasteiger partial charge is 0.462 e. The Morgan fingerprint density at radius 2 is 2.09 bits per heavy atom. The van der Waals surface area contributed by atoms with E-state index in [4.69, 9.17) is 27.6 Å². The minimum absolute atomic E-state index is 0.220. The summed E-state index contributed by atoms with van der Waals surface area (Å²) in [6, 6.07) is 8.64. The molecule has 0 bridgehead atoms. The van der Waals surface area contributed by atoms with Crippen LogP contribution in [-0.2, 0) is 4.79 Å². The summed E-state index contributed by atoms with van der Waals surface area (Å²) in [5, 5.41) is 4.11. The molecule has 2 heterocycles. The first kappa shape index (κ1) is 15.2. The van der Waals surface area contributed by atoms with Crippen molar-refractivity contribution in [2.45, 2.75) is 6.92 Å². The summed E-state index contributed by atoms with van der Waals surface area (Å²) in [6.07, 6.45) is 1.68. The Morgan fingerprint density at radius 1 is 1.27 bits per heavy atom. The van der Waals surface area contributed by atoms with Crippen molar-refractivity contribution < 1.29 is 9.21 Å². The Labute approximate surface area is 141 Å². The summed E-state index contributed by atoms with van der Waals surface area (Å²) in [6.45, 7) is 1.85. The Morgan fingerprint density at radius 3 is 2.77 bits per heavy atom. The van der Waals surface area contributed by atoms with Crippen molar-refractivity contribution in [3.05, 3.63) is 56.8 Å². The lowest BCUT2D eigenvalue weighted by atomic mass is 10.3. The molecular formula is C15H10Cl2N2O2S. The van der Waals surface area contributed by atoms with Gasteiger partial charge in [-0.1, -0.05) is 23.2 Å². The Hall–Kier alpha value is -1.69. The monoisotopic (exact) mass is 352 g/mol. The third-order valence-electron chi connectivity index (χ3n) is 2.82. The van der Waals surface area contributed by atoms with E-state index in [0.717, 1.165) is 5.76 Å². The van der Waals surface area contributed by atoms with Crippen molar-refractivity contribution in [2.75, 3.05) is 0 Å². The highest BCUT2D eigenvalue weighted by Crippen LogP contribution is 2.32. The molecule has 0 saturated carbocycles. The lowest BCUT2D eigenvalue weighted by Crippen LogP contribution is -2.19. The average molecular weight is 353 g/mol. The minimum Gasteiger partial charge on any atom is -0.462 e. The second-order valence-corrected chi connectivity index (χ2v) is 6.40. The van der Waals surface area contributed by atoms with Gasteiger partial charge < -0.3 is 9.73 Å². The predicted octanol–water partition coefficient (Wildman–Crippen LogP) is 4.79. The number of aliphatic imine (C=N–C) groups is 1. The van der Waals surface area contributed by atoms with Crippen LogP contribution in [0.1, 0.15) is 11.5 Å². The topological polar surface area (TPSA) is 54.6 Å². The number of benzene rings is 1. The molecule has 1 aliphatic rings. The molecule has 0 aliphatic carbocycles. The molecule has 1 aliphatic heterocycles. The number of nitrogens with one attached hydrogen (secondary N) is 1. The van der Waals surface area contributed by atoms with Gasteiger partial charge in [0.25, 0.3) is 5.91 Å². The van der Waals surface area contributed by atoms with Crippen LogP contribution in [0.3, 0.4) is 0 Å². The van der Waals surface area contributed by atoms with Crippen LogP contribution in [0.25, 0.3) is 6.08 Å². The molecule has 1 N–H and O–H groups in total. The highest BCUT2D eigenvalue weighted by molar-refractivity contribution is 8.18. The van der Waals surface area contributed by atoms with Gasteiger partial charge in [0.1, 0.15) is 11.5 Å². The Balaban J connectivity index is 1.85.